The Balaban J connectivity index is 1.93. The molecule has 0 saturated heterocycles. The summed E-state index contributed by atoms with van der Waals surface area (Å²) in [6.07, 6.45) is 1.01. The fourth-order valence-electron chi connectivity index (χ4n) is 2.03. The fraction of sp³-hybridized carbons (Fsp3) is 0.625. The zero-order chi connectivity index (χ0) is 20.2. The number of thioether (sulfide) groups is 2. The van der Waals surface area contributed by atoms with E-state index in [-0.39, 0.29) is 0 Å². The first-order chi connectivity index (χ1) is 13.7. The molecule has 2 aromatic rings. The van der Waals surface area contributed by atoms with E-state index in [2.05, 4.69) is 71.9 Å². The summed E-state index contributed by atoms with van der Waals surface area (Å²) in [6.45, 7) is 8.30. The summed E-state index contributed by atoms with van der Waals surface area (Å²) in [7, 11) is 1.79. The molecule has 4 N–H and O–H groups in total. The normalized spacial score (nSPS) is 10.6. The molecule has 0 aliphatic rings. The van der Waals surface area contributed by atoms with Crippen LogP contribution in [0, 0.1) is 0 Å². The highest BCUT2D eigenvalue weighted by atomic mass is 32.2. The Morgan fingerprint density at radius 1 is 0.607 bits per heavy atom. The highest BCUT2D eigenvalue weighted by Crippen LogP contribution is 2.17. The number of hydrogen-bond donors (Lipinski definition) is 4. The van der Waals surface area contributed by atoms with Gasteiger partial charge in [-0.3, -0.25) is 0 Å². The van der Waals surface area contributed by atoms with E-state index in [0.717, 1.165) is 24.5 Å². The van der Waals surface area contributed by atoms with Crippen molar-refractivity contribution < 1.29 is 0 Å². The van der Waals surface area contributed by atoms with E-state index in [4.69, 9.17) is 0 Å². The van der Waals surface area contributed by atoms with Crippen molar-refractivity contribution in [3.63, 3.8) is 0 Å². The van der Waals surface area contributed by atoms with Gasteiger partial charge in [-0.05, 0) is 17.9 Å². The van der Waals surface area contributed by atoms with Gasteiger partial charge in [0.05, 0.1) is 0 Å². The summed E-state index contributed by atoms with van der Waals surface area (Å²) < 4.78 is 0. The third-order valence-electron chi connectivity index (χ3n) is 3.22. The van der Waals surface area contributed by atoms with Crippen LogP contribution in [0.2, 0.25) is 0 Å². The minimum absolute atomic E-state index is 0.542. The standard InChI is InChI=1S/C16H28N10S2/c1-5-8-18-12-22-14(26-16(24-12)28-7-3)20-10-9-19-13-21-11(17-4)23-15(25-13)27-6-2/h5-10H2,1-4H3,(H2,17,19,21,23,25)(H2,18,20,22,24,26). The molecule has 154 valence electrons. The second kappa shape index (κ2) is 12.4. The topological polar surface area (TPSA) is 125 Å². The molecule has 12 heteroatoms. The summed E-state index contributed by atoms with van der Waals surface area (Å²) in [5, 5.41) is 14.0. The van der Waals surface area contributed by atoms with Crippen LogP contribution < -0.4 is 21.3 Å². The van der Waals surface area contributed by atoms with Gasteiger partial charge in [-0.15, -0.1) is 0 Å². The molecule has 0 atom stereocenters. The van der Waals surface area contributed by atoms with Gasteiger partial charge in [-0.25, -0.2) is 0 Å². The van der Waals surface area contributed by atoms with E-state index in [0.29, 0.717) is 47.2 Å². The van der Waals surface area contributed by atoms with Gasteiger partial charge >= 0.3 is 0 Å². The van der Waals surface area contributed by atoms with E-state index >= 15 is 0 Å². The molecule has 2 heterocycles. The number of anilines is 4. The molecule has 0 amide bonds. The predicted molar refractivity (Wildman–Crippen MR) is 118 cm³/mol. The minimum Gasteiger partial charge on any atom is -0.357 e. The summed E-state index contributed by atoms with van der Waals surface area (Å²) >= 11 is 3.16. The SMILES string of the molecule is CCCNc1nc(NCCNc2nc(NC)nc(SCC)n2)nc(SCC)n1. The number of rotatable bonds is 13. The van der Waals surface area contributed by atoms with Crippen LogP contribution in [-0.2, 0) is 0 Å². The number of hydrogen-bond acceptors (Lipinski definition) is 12. The van der Waals surface area contributed by atoms with Gasteiger partial charge < -0.3 is 21.3 Å². The molecule has 0 aliphatic carbocycles. The second-order valence-electron chi connectivity index (χ2n) is 5.43. The second-order valence-corrected chi connectivity index (χ2v) is 7.89. The van der Waals surface area contributed by atoms with E-state index in [1.54, 1.807) is 30.6 Å². The van der Waals surface area contributed by atoms with E-state index in [1.807, 2.05) is 0 Å². The molecule has 0 saturated carbocycles. The molecule has 28 heavy (non-hydrogen) atoms. The predicted octanol–water partition coefficient (Wildman–Crippen LogP) is 2.67. The lowest BCUT2D eigenvalue weighted by molar-refractivity contribution is 0.866. The van der Waals surface area contributed by atoms with E-state index in [1.165, 1.54) is 0 Å². The average molecular weight is 425 g/mol. The van der Waals surface area contributed by atoms with E-state index < -0.39 is 0 Å². The maximum atomic E-state index is 4.45. The lowest BCUT2D eigenvalue weighted by Gasteiger charge is -2.10. The van der Waals surface area contributed by atoms with Crippen LogP contribution in [0.15, 0.2) is 10.3 Å². The van der Waals surface area contributed by atoms with Crippen molar-refractivity contribution in [3.05, 3.63) is 0 Å². The molecule has 0 bridgehead atoms. The minimum atomic E-state index is 0.542. The van der Waals surface area contributed by atoms with Crippen LogP contribution >= 0.6 is 23.5 Å². The van der Waals surface area contributed by atoms with Crippen molar-refractivity contribution in [2.24, 2.45) is 0 Å². The first kappa shape index (κ1) is 22.2. The third-order valence-corrected chi connectivity index (χ3v) is 4.68. The van der Waals surface area contributed by atoms with Gasteiger partial charge in [0.25, 0.3) is 0 Å². The van der Waals surface area contributed by atoms with Crippen molar-refractivity contribution in [2.75, 3.05) is 59.5 Å². The van der Waals surface area contributed by atoms with Gasteiger partial charge in [0, 0.05) is 26.7 Å². The summed E-state index contributed by atoms with van der Waals surface area (Å²) in [4.78, 5) is 26.3. The van der Waals surface area contributed by atoms with Crippen LogP contribution in [0.25, 0.3) is 0 Å². The average Bonchev–Trinajstić information content (AvgIpc) is 2.70. The molecule has 10 nitrogen and oxygen atoms in total. The maximum Gasteiger partial charge on any atom is 0.228 e. The van der Waals surface area contributed by atoms with Crippen LogP contribution in [-0.4, -0.2) is 68.1 Å². The van der Waals surface area contributed by atoms with Gasteiger partial charge in [0.2, 0.25) is 23.8 Å². The molecule has 0 aromatic carbocycles. The summed E-state index contributed by atoms with van der Waals surface area (Å²) in [6, 6.07) is 0. The first-order valence-corrected chi connectivity index (χ1v) is 11.3. The van der Waals surface area contributed by atoms with E-state index in [9.17, 15) is 0 Å². The third kappa shape index (κ3) is 7.50. The molecule has 0 unspecified atom stereocenters. The van der Waals surface area contributed by atoms with Gasteiger partial charge in [0.1, 0.15) is 0 Å². The molecule has 0 aliphatic heterocycles. The number of nitrogens with zero attached hydrogens (tertiary/aromatic N) is 6. The Kier molecular flexibility index (Phi) is 9.83. The zero-order valence-electron chi connectivity index (χ0n) is 16.7. The Hall–Kier alpha value is -2.08. The monoisotopic (exact) mass is 424 g/mol. The summed E-state index contributed by atoms with van der Waals surface area (Å²) in [5.74, 6) is 4.05. The number of aromatic nitrogens is 6. The van der Waals surface area contributed by atoms with Gasteiger partial charge in [-0.2, -0.15) is 29.9 Å². The molecule has 2 rings (SSSR count). The molecule has 2 aromatic heterocycles. The van der Waals surface area contributed by atoms with Crippen LogP contribution in [0.3, 0.4) is 0 Å². The Bertz CT molecular complexity index is 731. The fourth-order valence-corrected chi connectivity index (χ4v) is 3.16. The molecular formula is C16H28N10S2. The van der Waals surface area contributed by atoms with Crippen molar-refractivity contribution in [1.82, 2.24) is 29.9 Å². The largest absolute Gasteiger partial charge is 0.357 e. The van der Waals surface area contributed by atoms with Crippen molar-refractivity contribution in [2.45, 2.75) is 37.5 Å². The highest BCUT2D eigenvalue weighted by Gasteiger charge is 2.07. The lowest BCUT2D eigenvalue weighted by Crippen LogP contribution is -2.18. The molecule has 0 fully saturated rings. The Morgan fingerprint density at radius 3 is 1.46 bits per heavy atom. The first-order valence-electron chi connectivity index (χ1n) is 9.35. The lowest BCUT2D eigenvalue weighted by atomic mass is 10.5. The Labute approximate surface area is 174 Å². The van der Waals surface area contributed by atoms with Crippen molar-refractivity contribution >= 4 is 47.3 Å². The molecule has 0 radical (unpaired) electrons. The molecule has 0 spiro atoms. The van der Waals surface area contributed by atoms with Crippen molar-refractivity contribution in [1.29, 1.82) is 0 Å². The summed E-state index contributed by atoms with van der Waals surface area (Å²) in [5.41, 5.74) is 0. The number of nitrogens with one attached hydrogen (secondary N) is 4. The van der Waals surface area contributed by atoms with Crippen molar-refractivity contribution in [3.8, 4) is 0 Å². The quantitative estimate of drug-likeness (QED) is 0.279. The van der Waals surface area contributed by atoms with Gasteiger partial charge in [-0.1, -0.05) is 44.3 Å². The van der Waals surface area contributed by atoms with Crippen LogP contribution in [0.4, 0.5) is 23.8 Å². The van der Waals surface area contributed by atoms with Crippen LogP contribution in [0.1, 0.15) is 27.2 Å². The highest BCUT2D eigenvalue weighted by molar-refractivity contribution is 7.99. The smallest absolute Gasteiger partial charge is 0.228 e. The molecular weight excluding hydrogens is 396 g/mol. The maximum absolute atomic E-state index is 4.45. The van der Waals surface area contributed by atoms with Gasteiger partial charge in [0.15, 0.2) is 10.3 Å². The zero-order valence-corrected chi connectivity index (χ0v) is 18.4. The van der Waals surface area contributed by atoms with Crippen LogP contribution in [0.5, 0.6) is 0 Å². The Morgan fingerprint density at radius 2 is 1.04 bits per heavy atom.